The third kappa shape index (κ3) is 4.79. The molecule has 1 heterocycles. The monoisotopic (exact) mass is 208 g/mol. The van der Waals surface area contributed by atoms with Gasteiger partial charge in [-0.15, -0.1) is 0 Å². The highest BCUT2D eigenvalue weighted by Crippen LogP contribution is 2.11. The van der Waals surface area contributed by atoms with Gasteiger partial charge in [-0.05, 0) is 44.0 Å². The van der Waals surface area contributed by atoms with Crippen molar-refractivity contribution in [1.82, 2.24) is 10.3 Å². The minimum Gasteiger partial charge on any atom is -0.495 e. The summed E-state index contributed by atoms with van der Waals surface area (Å²) in [5, 5.41) is 3.38. The number of hydrogen-bond donors (Lipinski definition) is 1. The van der Waals surface area contributed by atoms with Crippen molar-refractivity contribution in [3.8, 4) is 5.75 Å². The van der Waals surface area contributed by atoms with Gasteiger partial charge in [-0.3, -0.25) is 4.98 Å². The number of ether oxygens (including phenoxy) is 1. The van der Waals surface area contributed by atoms with E-state index in [1.165, 1.54) is 12.0 Å². The summed E-state index contributed by atoms with van der Waals surface area (Å²) in [6, 6.07) is 2.05. The number of hydrogen-bond acceptors (Lipinski definition) is 3. The fourth-order valence-electron chi connectivity index (χ4n) is 1.43. The second kappa shape index (κ2) is 7.23. The lowest BCUT2D eigenvalue weighted by molar-refractivity contribution is 0.412. The van der Waals surface area contributed by atoms with Crippen LogP contribution in [0.4, 0.5) is 0 Å². The van der Waals surface area contributed by atoms with Gasteiger partial charge in [0.25, 0.3) is 0 Å². The van der Waals surface area contributed by atoms with Gasteiger partial charge in [0.15, 0.2) is 0 Å². The van der Waals surface area contributed by atoms with Crippen molar-refractivity contribution >= 4 is 0 Å². The molecule has 0 radical (unpaired) electrons. The summed E-state index contributed by atoms with van der Waals surface area (Å²) < 4.78 is 5.12. The van der Waals surface area contributed by atoms with Crippen molar-refractivity contribution in [2.24, 2.45) is 0 Å². The highest BCUT2D eigenvalue weighted by Gasteiger charge is 1.96. The molecule has 0 saturated carbocycles. The first-order valence-corrected chi connectivity index (χ1v) is 5.55. The molecule has 0 unspecified atom stereocenters. The van der Waals surface area contributed by atoms with Crippen LogP contribution in [-0.2, 0) is 6.42 Å². The van der Waals surface area contributed by atoms with Crippen molar-refractivity contribution in [1.29, 1.82) is 0 Å². The van der Waals surface area contributed by atoms with Crippen molar-refractivity contribution in [3.05, 3.63) is 24.0 Å². The van der Waals surface area contributed by atoms with Crippen LogP contribution in [0.3, 0.4) is 0 Å². The molecule has 0 amide bonds. The molecule has 0 saturated heterocycles. The summed E-state index contributed by atoms with van der Waals surface area (Å²) in [5.41, 5.74) is 1.24. The standard InChI is InChI=1S/C12H20N2O/c1-3-6-13-7-4-5-11-8-12(15-2)10-14-9-11/h8-10,13H,3-7H2,1-2H3. The minimum atomic E-state index is 0.842. The molecule has 1 rings (SSSR count). The van der Waals surface area contributed by atoms with E-state index in [9.17, 15) is 0 Å². The second-order valence-corrected chi connectivity index (χ2v) is 3.59. The quantitative estimate of drug-likeness (QED) is 0.696. The second-order valence-electron chi connectivity index (χ2n) is 3.59. The molecule has 1 N–H and O–H groups in total. The Labute approximate surface area is 91.9 Å². The van der Waals surface area contributed by atoms with Gasteiger partial charge < -0.3 is 10.1 Å². The normalized spacial score (nSPS) is 10.3. The fraction of sp³-hybridized carbons (Fsp3) is 0.583. The number of nitrogens with zero attached hydrogens (tertiary/aromatic N) is 1. The minimum absolute atomic E-state index is 0.842. The maximum atomic E-state index is 5.12. The highest BCUT2D eigenvalue weighted by atomic mass is 16.5. The lowest BCUT2D eigenvalue weighted by Gasteiger charge is -2.04. The first kappa shape index (κ1) is 12.0. The van der Waals surface area contributed by atoms with Crippen molar-refractivity contribution < 1.29 is 4.74 Å². The van der Waals surface area contributed by atoms with E-state index in [4.69, 9.17) is 4.74 Å². The Morgan fingerprint density at radius 1 is 1.33 bits per heavy atom. The summed E-state index contributed by atoms with van der Waals surface area (Å²) in [7, 11) is 1.67. The zero-order valence-electron chi connectivity index (χ0n) is 9.62. The maximum absolute atomic E-state index is 5.12. The van der Waals surface area contributed by atoms with Gasteiger partial charge in [-0.25, -0.2) is 0 Å². The third-order valence-electron chi connectivity index (χ3n) is 2.25. The number of aryl methyl sites for hydroxylation is 1. The van der Waals surface area contributed by atoms with E-state index in [1.807, 2.05) is 12.3 Å². The first-order chi connectivity index (χ1) is 7.36. The average Bonchev–Trinajstić information content (AvgIpc) is 2.29. The predicted molar refractivity (Wildman–Crippen MR) is 62.3 cm³/mol. The summed E-state index contributed by atoms with van der Waals surface area (Å²) in [6.45, 7) is 4.36. The Kier molecular flexibility index (Phi) is 5.78. The fourth-order valence-corrected chi connectivity index (χ4v) is 1.43. The summed E-state index contributed by atoms with van der Waals surface area (Å²) in [4.78, 5) is 4.13. The van der Waals surface area contributed by atoms with Crippen LogP contribution in [0.2, 0.25) is 0 Å². The zero-order chi connectivity index (χ0) is 10.9. The number of methoxy groups -OCH3 is 1. The van der Waals surface area contributed by atoms with E-state index < -0.39 is 0 Å². The molecule has 1 aromatic heterocycles. The Hall–Kier alpha value is -1.09. The molecular formula is C12H20N2O. The average molecular weight is 208 g/mol. The molecule has 0 bridgehead atoms. The van der Waals surface area contributed by atoms with Crippen LogP contribution in [0.1, 0.15) is 25.3 Å². The SMILES string of the molecule is CCCNCCCc1cncc(OC)c1. The largest absolute Gasteiger partial charge is 0.495 e. The van der Waals surface area contributed by atoms with Crippen LogP contribution in [0, 0.1) is 0 Å². The Morgan fingerprint density at radius 3 is 2.93 bits per heavy atom. The molecule has 1 aromatic rings. The van der Waals surface area contributed by atoms with Gasteiger partial charge in [0.1, 0.15) is 5.75 Å². The molecule has 0 spiro atoms. The van der Waals surface area contributed by atoms with E-state index in [0.29, 0.717) is 0 Å². The van der Waals surface area contributed by atoms with Gasteiger partial charge in [0, 0.05) is 6.20 Å². The molecule has 0 aromatic carbocycles. The Balaban J connectivity index is 2.24. The predicted octanol–water partition coefficient (Wildman–Crippen LogP) is 2.02. The van der Waals surface area contributed by atoms with Crippen LogP contribution >= 0.6 is 0 Å². The van der Waals surface area contributed by atoms with Crippen LogP contribution in [0.5, 0.6) is 5.75 Å². The molecule has 0 fully saturated rings. The number of pyridine rings is 1. The third-order valence-corrected chi connectivity index (χ3v) is 2.25. The van der Waals surface area contributed by atoms with Crippen molar-refractivity contribution in [2.75, 3.05) is 20.2 Å². The van der Waals surface area contributed by atoms with Gasteiger partial charge in [-0.2, -0.15) is 0 Å². The number of aromatic nitrogens is 1. The van der Waals surface area contributed by atoms with E-state index >= 15 is 0 Å². The van der Waals surface area contributed by atoms with E-state index in [-0.39, 0.29) is 0 Å². The molecule has 0 aliphatic rings. The smallest absolute Gasteiger partial charge is 0.137 e. The highest BCUT2D eigenvalue weighted by molar-refractivity contribution is 5.23. The van der Waals surface area contributed by atoms with Crippen molar-refractivity contribution in [2.45, 2.75) is 26.2 Å². The van der Waals surface area contributed by atoms with Gasteiger partial charge in [-0.1, -0.05) is 6.92 Å². The van der Waals surface area contributed by atoms with E-state index in [0.717, 1.165) is 31.7 Å². The molecule has 84 valence electrons. The molecular weight excluding hydrogens is 188 g/mol. The maximum Gasteiger partial charge on any atom is 0.137 e. The molecule has 3 nitrogen and oxygen atoms in total. The van der Waals surface area contributed by atoms with Crippen LogP contribution < -0.4 is 10.1 Å². The zero-order valence-corrected chi connectivity index (χ0v) is 9.62. The molecule has 0 atom stereocenters. The topological polar surface area (TPSA) is 34.2 Å². The molecule has 3 heteroatoms. The van der Waals surface area contributed by atoms with Gasteiger partial charge in [0.05, 0.1) is 13.3 Å². The number of nitrogens with one attached hydrogen (secondary N) is 1. The molecule has 0 aliphatic heterocycles. The summed E-state index contributed by atoms with van der Waals surface area (Å²) >= 11 is 0. The van der Waals surface area contributed by atoms with Crippen LogP contribution in [0.15, 0.2) is 18.5 Å². The van der Waals surface area contributed by atoms with Gasteiger partial charge in [0.2, 0.25) is 0 Å². The Morgan fingerprint density at radius 2 is 2.20 bits per heavy atom. The van der Waals surface area contributed by atoms with Crippen LogP contribution in [0.25, 0.3) is 0 Å². The lowest BCUT2D eigenvalue weighted by Crippen LogP contribution is -2.16. The van der Waals surface area contributed by atoms with Gasteiger partial charge >= 0.3 is 0 Å². The van der Waals surface area contributed by atoms with Crippen molar-refractivity contribution in [3.63, 3.8) is 0 Å². The van der Waals surface area contributed by atoms with Crippen LogP contribution in [-0.4, -0.2) is 25.2 Å². The van der Waals surface area contributed by atoms with E-state index in [1.54, 1.807) is 13.3 Å². The van der Waals surface area contributed by atoms with E-state index in [2.05, 4.69) is 17.2 Å². The molecule has 0 aliphatic carbocycles. The Bertz CT molecular complexity index is 276. The number of rotatable bonds is 7. The summed E-state index contributed by atoms with van der Waals surface area (Å²) in [6.07, 6.45) is 7.04. The summed E-state index contributed by atoms with van der Waals surface area (Å²) in [5.74, 6) is 0.842. The lowest BCUT2D eigenvalue weighted by atomic mass is 10.1. The molecule has 15 heavy (non-hydrogen) atoms. The first-order valence-electron chi connectivity index (χ1n) is 5.55.